The minimum Gasteiger partial charge on any atom is -0.394 e. The molecule has 2 N–H and O–H groups in total. The van der Waals surface area contributed by atoms with Crippen LogP contribution >= 0.6 is 23.2 Å². The first-order valence-electron chi connectivity index (χ1n) is 5.07. The number of amides is 1. The molecule has 1 aromatic carbocycles. The molecule has 4 nitrogen and oxygen atoms in total. The number of aliphatic hydroxyl groups is 1. The maximum Gasteiger partial charge on any atom is 0.251 e. The van der Waals surface area contributed by atoms with Gasteiger partial charge >= 0.3 is 0 Å². The Hall–Kier alpha value is -0.810. The van der Waals surface area contributed by atoms with Crippen molar-refractivity contribution in [1.29, 1.82) is 0 Å². The molecule has 0 atom stereocenters. The molecule has 1 amide bonds. The smallest absolute Gasteiger partial charge is 0.251 e. The molecule has 0 spiro atoms. The summed E-state index contributed by atoms with van der Waals surface area (Å²) in [5.41, 5.74) is 0.446. The summed E-state index contributed by atoms with van der Waals surface area (Å²) in [6.07, 6.45) is 0. The third kappa shape index (κ3) is 4.91. The summed E-state index contributed by atoms with van der Waals surface area (Å²) in [5.74, 6) is -0.240. The van der Waals surface area contributed by atoms with Gasteiger partial charge in [-0.3, -0.25) is 4.79 Å². The van der Waals surface area contributed by atoms with Crippen molar-refractivity contribution < 1.29 is 14.6 Å². The largest absolute Gasteiger partial charge is 0.394 e. The number of carbonyl (C=O) groups is 1. The van der Waals surface area contributed by atoms with Crippen molar-refractivity contribution >= 4 is 29.1 Å². The molecular weight excluding hydrogens is 265 g/mol. The van der Waals surface area contributed by atoms with Crippen molar-refractivity contribution in [2.75, 3.05) is 26.4 Å². The normalized spacial score (nSPS) is 10.3. The zero-order valence-electron chi connectivity index (χ0n) is 9.08. The van der Waals surface area contributed by atoms with Crippen molar-refractivity contribution in [2.45, 2.75) is 0 Å². The molecule has 0 heterocycles. The Kier molecular flexibility index (Phi) is 6.29. The lowest BCUT2D eigenvalue weighted by molar-refractivity contribution is 0.0838. The fraction of sp³-hybridized carbons (Fsp3) is 0.364. The maximum absolute atomic E-state index is 11.6. The second-order valence-corrected chi connectivity index (χ2v) is 4.04. The van der Waals surface area contributed by atoms with Crippen LogP contribution in [0.3, 0.4) is 0 Å². The van der Waals surface area contributed by atoms with Crippen LogP contribution < -0.4 is 5.32 Å². The minimum absolute atomic E-state index is 0.0270. The summed E-state index contributed by atoms with van der Waals surface area (Å²) in [4.78, 5) is 11.6. The number of benzene rings is 1. The maximum atomic E-state index is 11.6. The van der Waals surface area contributed by atoms with Gasteiger partial charge in [-0.1, -0.05) is 23.2 Å². The second-order valence-electron chi connectivity index (χ2n) is 3.22. The van der Waals surface area contributed by atoms with Gasteiger partial charge in [-0.05, 0) is 18.2 Å². The summed E-state index contributed by atoms with van der Waals surface area (Å²) in [6, 6.07) is 4.67. The Morgan fingerprint density at radius 1 is 1.29 bits per heavy atom. The molecule has 0 saturated heterocycles. The third-order valence-corrected chi connectivity index (χ3v) is 2.69. The number of hydrogen-bond acceptors (Lipinski definition) is 3. The number of carbonyl (C=O) groups excluding carboxylic acids is 1. The van der Waals surface area contributed by atoms with Crippen LogP contribution in [0.5, 0.6) is 0 Å². The fourth-order valence-corrected chi connectivity index (χ4v) is 1.44. The van der Waals surface area contributed by atoms with Gasteiger partial charge in [0.2, 0.25) is 0 Å². The van der Waals surface area contributed by atoms with Crippen LogP contribution in [0.4, 0.5) is 0 Å². The van der Waals surface area contributed by atoms with E-state index in [0.717, 1.165) is 0 Å². The quantitative estimate of drug-likeness (QED) is 0.779. The molecule has 0 saturated carbocycles. The number of ether oxygens (including phenoxy) is 1. The first-order chi connectivity index (χ1) is 8.15. The predicted molar refractivity (Wildman–Crippen MR) is 66.7 cm³/mol. The predicted octanol–water partition coefficient (Wildman–Crippen LogP) is 1.73. The van der Waals surface area contributed by atoms with Crippen molar-refractivity contribution in [3.8, 4) is 0 Å². The Labute approximate surface area is 109 Å². The highest BCUT2D eigenvalue weighted by Crippen LogP contribution is 2.22. The first kappa shape index (κ1) is 14.3. The van der Waals surface area contributed by atoms with Crippen LogP contribution in [0, 0.1) is 0 Å². The molecular formula is C11H13Cl2NO3. The summed E-state index contributed by atoms with van der Waals surface area (Å²) < 4.78 is 5.00. The molecule has 0 aliphatic carbocycles. The average Bonchev–Trinajstić information content (AvgIpc) is 2.32. The lowest BCUT2D eigenvalue weighted by Crippen LogP contribution is -2.27. The number of rotatable bonds is 6. The molecule has 17 heavy (non-hydrogen) atoms. The second kappa shape index (κ2) is 7.50. The van der Waals surface area contributed by atoms with Crippen LogP contribution in [0.25, 0.3) is 0 Å². The van der Waals surface area contributed by atoms with E-state index in [9.17, 15) is 4.79 Å². The first-order valence-corrected chi connectivity index (χ1v) is 5.82. The van der Waals surface area contributed by atoms with Crippen LogP contribution in [-0.2, 0) is 4.74 Å². The molecule has 0 aliphatic heterocycles. The van der Waals surface area contributed by atoms with Crippen LogP contribution in [0.15, 0.2) is 18.2 Å². The Bertz CT molecular complexity index is 385. The number of nitrogens with one attached hydrogen (secondary N) is 1. The van der Waals surface area contributed by atoms with Gasteiger partial charge in [0, 0.05) is 12.1 Å². The van der Waals surface area contributed by atoms with E-state index in [2.05, 4.69) is 5.32 Å². The Balaban J connectivity index is 2.39. The molecule has 0 aliphatic rings. The lowest BCUT2D eigenvalue weighted by atomic mass is 10.2. The highest BCUT2D eigenvalue weighted by molar-refractivity contribution is 6.42. The van der Waals surface area contributed by atoms with Gasteiger partial charge in [0.25, 0.3) is 5.91 Å². The Morgan fingerprint density at radius 2 is 2.06 bits per heavy atom. The highest BCUT2D eigenvalue weighted by Gasteiger charge is 2.07. The third-order valence-electron chi connectivity index (χ3n) is 1.95. The van der Waals surface area contributed by atoms with Crippen LogP contribution in [-0.4, -0.2) is 37.4 Å². The van der Waals surface area contributed by atoms with Gasteiger partial charge < -0.3 is 15.2 Å². The van der Waals surface area contributed by atoms with Crippen molar-refractivity contribution in [3.63, 3.8) is 0 Å². The van der Waals surface area contributed by atoms with Crippen molar-refractivity contribution in [1.82, 2.24) is 5.32 Å². The Morgan fingerprint density at radius 3 is 2.71 bits per heavy atom. The highest BCUT2D eigenvalue weighted by atomic mass is 35.5. The van der Waals surface area contributed by atoms with Gasteiger partial charge in [-0.2, -0.15) is 0 Å². The van der Waals surface area contributed by atoms with E-state index >= 15 is 0 Å². The molecule has 1 aromatic rings. The van der Waals surface area contributed by atoms with Crippen LogP contribution in [0.2, 0.25) is 10.0 Å². The van der Waals surface area contributed by atoms with E-state index in [1.807, 2.05) is 0 Å². The molecule has 0 radical (unpaired) electrons. The van der Waals surface area contributed by atoms with Gasteiger partial charge in [0.15, 0.2) is 0 Å². The van der Waals surface area contributed by atoms with Gasteiger partial charge in [0.05, 0.1) is 29.9 Å². The summed E-state index contributed by atoms with van der Waals surface area (Å²) in [6.45, 7) is 0.968. The van der Waals surface area contributed by atoms with E-state index in [1.54, 1.807) is 12.1 Å². The molecule has 6 heteroatoms. The summed E-state index contributed by atoms with van der Waals surface area (Å²) in [7, 11) is 0. The fourth-order valence-electron chi connectivity index (χ4n) is 1.14. The molecule has 0 unspecified atom stereocenters. The SMILES string of the molecule is O=C(NCCOCCO)c1ccc(Cl)c(Cl)c1. The number of hydrogen-bond donors (Lipinski definition) is 2. The number of aliphatic hydroxyl groups excluding tert-OH is 1. The van der Waals surface area contributed by atoms with Gasteiger partial charge in [0.1, 0.15) is 0 Å². The molecule has 0 bridgehead atoms. The minimum atomic E-state index is -0.240. The number of halogens is 2. The van der Waals surface area contributed by atoms with E-state index in [4.69, 9.17) is 33.0 Å². The van der Waals surface area contributed by atoms with Crippen molar-refractivity contribution in [2.24, 2.45) is 0 Å². The molecule has 94 valence electrons. The summed E-state index contributed by atoms with van der Waals surface area (Å²) >= 11 is 11.5. The van der Waals surface area contributed by atoms with Gasteiger partial charge in [-0.15, -0.1) is 0 Å². The van der Waals surface area contributed by atoms with E-state index in [0.29, 0.717) is 28.8 Å². The van der Waals surface area contributed by atoms with E-state index < -0.39 is 0 Å². The van der Waals surface area contributed by atoms with E-state index in [1.165, 1.54) is 6.07 Å². The zero-order chi connectivity index (χ0) is 12.7. The summed E-state index contributed by atoms with van der Waals surface area (Å²) in [5, 5.41) is 11.9. The van der Waals surface area contributed by atoms with Gasteiger partial charge in [-0.25, -0.2) is 0 Å². The van der Waals surface area contributed by atoms with Crippen LogP contribution in [0.1, 0.15) is 10.4 Å². The van der Waals surface area contributed by atoms with E-state index in [-0.39, 0.29) is 19.1 Å². The average molecular weight is 278 g/mol. The zero-order valence-corrected chi connectivity index (χ0v) is 10.6. The topological polar surface area (TPSA) is 58.6 Å². The monoisotopic (exact) mass is 277 g/mol. The lowest BCUT2D eigenvalue weighted by Gasteiger charge is -2.06. The molecule has 0 aromatic heterocycles. The molecule has 1 rings (SSSR count). The standard InChI is InChI=1S/C11H13Cl2NO3/c12-9-2-1-8(7-10(9)13)11(16)14-3-5-17-6-4-15/h1-2,7,15H,3-6H2,(H,14,16). The molecule has 0 fully saturated rings. The van der Waals surface area contributed by atoms with Crippen molar-refractivity contribution in [3.05, 3.63) is 33.8 Å².